The highest BCUT2D eigenvalue weighted by Gasteiger charge is 2.45. The molecule has 0 aromatic carbocycles. The fourth-order valence-electron chi connectivity index (χ4n) is 1.69. The van der Waals surface area contributed by atoms with Gasteiger partial charge < -0.3 is 5.32 Å². The lowest BCUT2D eigenvalue weighted by molar-refractivity contribution is -0.175. The van der Waals surface area contributed by atoms with Crippen LogP contribution < -0.4 is 5.32 Å². The molecule has 0 spiro atoms. The summed E-state index contributed by atoms with van der Waals surface area (Å²) in [7, 11) is 0. The van der Waals surface area contributed by atoms with Crippen LogP contribution in [0.15, 0.2) is 0 Å². The van der Waals surface area contributed by atoms with Crippen molar-refractivity contribution in [1.29, 1.82) is 0 Å². The van der Waals surface area contributed by atoms with Gasteiger partial charge in [-0.1, -0.05) is 20.8 Å². The Morgan fingerprint density at radius 3 is 2.00 bits per heavy atom. The van der Waals surface area contributed by atoms with Crippen LogP contribution in [0.25, 0.3) is 0 Å². The molecule has 0 bridgehead atoms. The monoisotopic (exact) mass is 223 g/mol. The molecule has 1 rings (SSSR count). The van der Waals surface area contributed by atoms with E-state index in [0.29, 0.717) is 0 Å². The van der Waals surface area contributed by atoms with Crippen molar-refractivity contribution >= 4 is 5.91 Å². The first-order chi connectivity index (χ1) is 6.62. The zero-order valence-electron chi connectivity index (χ0n) is 9.11. The lowest BCUT2D eigenvalue weighted by Crippen LogP contribution is -2.49. The predicted octanol–water partition coefficient (Wildman–Crippen LogP) is 2.49. The second-order valence-electron chi connectivity index (χ2n) is 5.15. The minimum atomic E-state index is -4.78. The van der Waals surface area contributed by atoms with Gasteiger partial charge in [0, 0.05) is 6.04 Å². The molecule has 0 aliphatic heterocycles. The van der Waals surface area contributed by atoms with E-state index >= 15 is 0 Å². The summed E-state index contributed by atoms with van der Waals surface area (Å²) in [4.78, 5) is 10.8. The molecular formula is C10H16F3NO. The van der Waals surface area contributed by atoms with Gasteiger partial charge in [0.25, 0.3) is 0 Å². The van der Waals surface area contributed by atoms with Crippen molar-refractivity contribution in [1.82, 2.24) is 5.32 Å². The molecular weight excluding hydrogens is 207 g/mol. The van der Waals surface area contributed by atoms with Crippen LogP contribution in [-0.2, 0) is 4.79 Å². The summed E-state index contributed by atoms with van der Waals surface area (Å²) in [6, 6.07) is -0.383. The molecule has 5 heteroatoms. The standard InChI is InChI=1S/C10H16F3NO/c1-9(2,3)7(6-4-5-6)14-8(15)10(11,12)13/h6-7H,4-5H2,1-3H3,(H,14,15)/t7-/m1/s1. The summed E-state index contributed by atoms with van der Waals surface area (Å²) in [6.45, 7) is 5.52. The van der Waals surface area contributed by atoms with Crippen LogP contribution in [-0.4, -0.2) is 18.1 Å². The first-order valence-electron chi connectivity index (χ1n) is 5.00. The van der Waals surface area contributed by atoms with Gasteiger partial charge in [0.1, 0.15) is 0 Å². The molecule has 1 N–H and O–H groups in total. The fraction of sp³-hybridized carbons (Fsp3) is 0.900. The molecule has 1 fully saturated rings. The first kappa shape index (κ1) is 12.3. The van der Waals surface area contributed by atoms with Crippen molar-refractivity contribution in [3.05, 3.63) is 0 Å². The average molecular weight is 223 g/mol. The van der Waals surface area contributed by atoms with Gasteiger partial charge in [-0.05, 0) is 24.2 Å². The second kappa shape index (κ2) is 3.68. The third-order valence-corrected chi connectivity index (χ3v) is 2.57. The Bertz CT molecular complexity index is 250. The fourth-order valence-corrected chi connectivity index (χ4v) is 1.69. The van der Waals surface area contributed by atoms with E-state index in [1.807, 2.05) is 20.8 Å². The van der Waals surface area contributed by atoms with E-state index in [0.717, 1.165) is 12.8 Å². The largest absolute Gasteiger partial charge is 0.471 e. The topological polar surface area (TPSA) is 29.1 Å². The summed E-state index contributed by atoms with van der Waals surface area (Å²) >= 11 is 0. The Kier molecular flexibility index (Phi) is 3.03. The van der Waals surface area contributed by atoms with Gasteiger partial charge in [0.2, 0.25) is 0 Å². The molecule has 1 amide bonds. The van der Waals surface area contributed by atoms with Crippen LogP contribution in [0.2, 0.25) is 0 Å². The van der Waals surface area contributed by atoms with Crippen LogP contribution in [0.1, 0.15) is 33.6 Å². The lowest BCUT2D eigenvalue weighted by Gasteiger charge is -2.31. The zero-order valence-corrected chi connectivity index (χ0v) is 9.11. The average Bonchev–Trinajstić information content (AvgIpc) is 2.77. The third kappa shape index (κ3) is 3.39. The molecule has 0 unspecified atom stereocenters. The van der Waals surface area contributed by atoms with Crippen molar-refractivity contribution in [3.8, 4) is 0 Å². The van der Waals surface area contributed by atoms with Gasteiger partial charge in [0.05, 0.1) is 0 Å². The van der Waals surface area contributed by atoms with Crippen LogP contribution in [0.4, 0.5) is 13.2 Å². The third-order valence-electron chi connectivity index (χ3n) is 2.57. The second-order valence-corrected chi connectivity index (χ2v) is 5.15. The number of hydrogen-bond donors (Lipinski definition) is 1. The molecule has 2 nitrogen and oxygen atoms in total. The Hall–Kier alpha value is -0.740. The summed E-state index contributed by atoms with van der Waals surface area (Å²) in [6.07, 6.45) is -2.97. The molecule has 1 aliphatic carbocycles. The van der Waals surface area contributed by atoms with E-state index in [9.17, 15) is 18.0 Å². The lowest BCUT2D eigenvalue weighted by atomic mass is 9.83. The molecule has 0 heterocycles. The molecule has 15 heavy (non-hydrogen) atoms. The number of halogens is 3. The van der Waals surface area contributed by atoms with Crippen molar-refractivity contribution in [3.63, 3.8) is 0 Å². The zero-order chi connectivity index (χ0) is 11.9. The van der Waals surface area contributed by atoms with Gasteiger partial charge in [-0.25, -0.2) is 0 Å². The van der Waals surface area contributed by atoms with Gasteiger partial charge in [-0.15, -0.1) is 0 Å². The molecule has 1 atom stereocenters. The summed E-state index contributed by atoms with van der Waals surface area (Å²) in [5, 5.41) is 2.09. The van der Waals surface area contributed by atoms with E-state index in [2.05, 4.69) is 5.32 Å². The number of nitrogens with one attached hydrogen (secondary N) is 1. The number of carbonyl (C=O) groups excluding carboxylic acids is 1. The Balaban J connectivity index is 2.64. The van der Waals surface area contributed by atoms with Gasteiger partial charge in [0.15, 0.2) is 0 Å². The molecule has 0 saturated heterocycles. The highest BCUT2D eigenvalue weighted by Crippen LogP contribution is 2.40. The summed E-state index contributed by atoms with van der Waals surface area (Å²) < 4.78 is 36.2. The molecule has 0 aromatic rings. The minimum Gasteiger partial charge on any atom is -0.345 e. The van der Waals surface area contributed by atoms with Crippen molar-refractivity contribution < 1.29 is 18.0 Å². The maximum atomic E-state index is 12.1. The highest BCUT2D eigenvalue weighted by atomic mass is 19.4. The first-order valence-corrected chi connectivity index (χ1v) is 5.00. The van der Waals surface area contributed by atoms with Crippen LogP contribution in [0, 0.1) is 11.3 Å². The van der Waals surface area contributed by atoms with E-state index < -0.39 is 12.1 Å². The van der Waals surface area contributed by atoms with Crippen LogP contribution in [0.5, 0.6) is 0 Å². The summed E-state index contributed by atoms with van der Waals surface area (Å²) in [5.41, 5.74) is -0.331. The number of carbonyl (C=O) groups is 1. The van der Waals surface area contributed by atoms with Crippen molar-refractivity contribution in [2.75, 3.05) is 0 Å². The van der Waals surface area contributed by atoms with E-state index in [4.69, 9.17) is 0 Å². The number of alkyl halides is 3. The number of rotatable bonds is 2. The van der Waals surface area contributed by atoms with Crippen molar-refractivity contribution in [2.24, 2.45) is 11.3 Å². The van der Waals surface area contributed by atoms with Crippen LogP contribution >= 0.6 is 0 Å². The van der Waals surface area contributed by atoms with Crippen molar-refractivity contribution in [2.45, 2.75) is 45.8 Å². The minimum absolute atomic E-state index is 0.205. The molecule has 0 aromatic heterocycles. The maximum absolute atomic E-state index is 12.1. The van der Waals surface area contributed by atoms with E-state index in [-0.39, 0.29) is 17.4 Å². The van der Waals surface area contributed by atoms with Gasteiger partial charge in [-0.2, -0.15) is 13.2 Å². The smallest absolute Gasteiger partial charge is 0.345 e. The normalized spacial score (nSPS) is 19.9. The number of amides is 1. The highest BCUT2D eigenvalue weighted by molar-refractivity contribution is 5.82. The van der Waals surface area contributed by atoms with Gasteiger partial charge in [-0.3, -0.25) is 4.79 Å². The quantitative estimate of drug-likeness (QED) is 0.765. The molecule has 1 aliphatic rings. The van der Waals surface area contributed by atoms with E-state index in [1.165, 1.54) is 0 Å². The SMILES string of the molecule is CC(C)(C)[C@H](NC(=O)C(F)(F)F)C1CC1. The molecule has 1 saturated carbocycles. The number of hydrogen-bond acceptors (Lipinski definition) is 1. The molecule has 88 valence electrons. The Labute approximate surface area is 87.2 Å². The summed E-state index contributed by atoms with van der Waals surface area (Å²) in [5.74, 6) is -1.62. The predicted molar refractivity (Wildman–Crippen MR) is 50.2 cm³/mol. The molecule has 0 radical (unpaired) electrons. The maximum Gasteiger partial charge on any atom is 0.471 e. The Morgan fingerprint density at radius 2 is 1.73 bits per heavy atom. The van der Waals surface area contributed by atoms with Crippen LogP contribution in [0.3, 0.4) is 0 Å². The van der Waals surface area contributed by atoms with E-state index in [1.54, 1.807) is 0 Å². The Morgan fingerprint density at radius 1 is 1.27 bits per heavy atom. The van der Waals surface area contributed by atoms with Gasteiger partial charge >= 0.3 is 12.1 Å².